The molecule has 0 saturated carbocycles. The fraction of sp³-hybridized carbons (Fsp3) is 0.545. The fourth-order valence-electron chi connectivity index (χ4n) is 2.72. The van der Waals surface area contributed by atoms with Crippen molar-refractivity contribution in [2.24, 2.45) is 0 Å². The number of aromatic nitrogens is 1. The van der Waals surface area contributed by atoms with Crippen molar-refractivity contribution in [3.63, 3.8) is 0 Å². The molecule has 0 radical (unpaired) electrons. The van der Waals surface area contributed by atoms with E-state index < -0.39 is 0 Å². The first-order valence-corrected chi connectivity index (χ1v) is 5.70. The van der Waals surface area contributed by atoms with Crippen LogP contribution in [0.15, 0.2) is 18.3 Å². The van der Waals surface area contributed by atoms with E-state index in [4.69, 9.17) is 11.6 Å². The van der Waals surface area contributed by atoms with Gasteiger partial charge < -0.3 is 4.90 Å². The van der Waals surface area contributed by atoms with Gasteiger partial charge in [0.25, 0.3) is 0 Å². The molecule has 3 heterocycles. The zero-order valence-electron chi connectivity index (χ0n) is 8.73. The maximum Gasteiger partial charge on any atom is 0.129 e. The number of likely N-dealkylation sites (tertiary alicyclic amines) is 1. The van der Waals surface area contributed by atoms with E-state index in [1.54, 1.807) is 0 Å². The minimum Gasteiger partial charge on any atom is -0.364 e. The summed E-state index contributed by atoms with van der Waals surface area (Å²) in [4.78, 5) is 9.04. The summed E-state index contributed by atoms with van der Waals surface area (Å²) < 4.78 is 0. The predicted octanol–water partition coefficient (Wildman–Crippen LogP) is 1.63. The van der Waals surface area contributed by atoms with Crippen molar-refractivity contribution in [2.75, 3.05) is 25.0 Å². The Hall–Kier alpha value is -0.800. The SMILES string of the molecule is CN1C[C@@H]2C[C@H]1CN2c1ccc(Cl)nc1. The Bertz CT molecular complexity index is 363. The average Bonchev–Trinajstić information content (AvgIpc) is 2.77. The third-order valence-electron chi connectivity index (χ3n) is 3.56. The number of nitrogens with zero attached hydrogens (tertiary/aromatic N) is 3. The Balaban J connectivity index is 1.83. The van der Waals surface area contributed by atoms with E-state index in [2.05, 4.69) is 27.9 Å². The van der Waals surface area contributed by atoms with Crippen LogP contribution in [0, 0.1) is 0 Å². The number of piperazine rings is 1. The minimum absolute atomic E-state index is 0.570. The van der Waals surface area contributed by atoms with Gasteiger partial charge in [-0.15, -0.1) is 0 Å². The minimum atomic E-state index is 0.570. The summed E-state index contributed by atoms with van der Waals surface area (Å²) in [5, 5.41) is 0.570. The lowest BCUT2D eigenvalue weighted by Crippen LogP contribution is -2.44. The lowest BCUT2D eigenvalue weighted by Gasteiger charge is -2.33. The molecule has 3 rings (SSSR count). The summed E-state index contributed by atoms with van der Waals surface area (Å²) in [6, 6.07) is 5.33. The van der Waals surface area contributed by atoms with Crippen molar-refractivity contribution in [1.82, 2.24) is 9.88 Å². The molecule has 80 valence electrons. The number of hydrogen-bond donors (Lipinski definition) is 0. The summed E-state index contributed by atoms with van der Waals surface area (Å²) in [6.45, 7) is 2.30. The zero-order valence-corrected chi connectivity index (χ0v) is 9.48. The van der Waals surface area contributed by atoms with Crippen LogP contribution in [-0.2, 0) is 0 Å². The molecule has 3 nitrogen and oxygen atoms in total. The van der Waals surface area contributed by atoms with Crippen LogP contribution < -0.4 is 4.90 Å². The third kappa shape index (κ3) is 1.50. The summed E-state index contributed by atoms with van der Waals surface area (Å²) in [6.07, 6.45) is 3.17. The van der Waals surface area contributed by atoms with Crippen molar-refractivity contribution in [3.8, 4) is 0 Å². The molecule has 0 aliphatic carbocycles. The van der Waals surface area contributed by atoms with Gasteiger partial charge in [-0.05, 0) is 25.6 Å². The second kappa shape index (κ2) is 3.35. The average molecular weight is 224 g/mol. The first kappa shape index (κ1) is 9.43. The monoisotopic (exact) mass is 223 g/mol. The molecule has 0 N–H and O–H groups in total. The molecule has 0 unspecified atom stereocenters. The van der Waals surface area contributed by atoms with Crippen LogP contribution in [0.3, 0.4) is 0 Å². The van der Waals surface area contributed by atoms with E-state index in [0.29, 0.717) is 11.2 Å². The number of rotatable bonds is 1. The Labute approximate surface area is 94.7 Å². The second-order valence-electron chi connectivity index (χ2n) is 4.47. The lowest BCUT2D eigenvalue weighted by atomic mass is 10.2. The highest BCUT2D eigenvalue weighted by Gasteiger charge is 2.41. The van der Waals surface area contributed by atoms with Gasteiger partial charge in [0, 0.05) is 25.2 Å². The van der Waals surface area contributed by atoms with Crippen molar-refractivity contribution in [2.45, 2.75) is 18.5 Å². The van der Waals surface area contributed by atoms with Gasteiger partial charge in [0.2, 0.25) is 0 Å². The molecule has 1 aromatic rings. The fourth-order valence-corrected chi connectivity index (χ4v) is 2.83. The van der Waals surface area contributed by atoms with Crippen LogP contribution >= 0.6 is 11.6 Å². The van der Waals surface area contributed by atoms with Crippen LogP contribution in [0.1, 0.15) is 6.42 Å². The zero-order chi connectivity index (χ0) is 10.4. The van der Waals surface area contributed by atoms with E-state index in [9.17, 15) is 0 Å². The molecule has 2 saturated heterocycles. The number of pyridine rings is 1. The van der Waals surface area contributed by atoms with Gasteiger partial charge in [0.1, 0.15) is 5.15 Å². The predicted molar refractivity (Wildman–Crippen MR) is 61.4 cm³/mol. The number of likely N-dealkylation sites (N-methyl/N-ethyl adjacent to an activating group) is 1. The van der Waals surface area contributed by atoms with E-state index in [1.165, 1.54) is 18.7 Å². The van der Waals surface area contributed by atoms with Gasteiger partial charge in [-0.2, -0.15) is 0 Å². The highest BCUT2D eigenvalue weighted by atomic mass is 35.5. The molecule has 2 bridgehead atoms. The van der Waals surface area contributed by atoms with Crippen molar-refractivity contribution in [3.05, 3.63) is 23.5 Å². The highest BCUT2D eigenvalue weighted by molar-refractivity contribution is 6.29. The molecular weight excluding hydrogens is 210 g/mol. The van der Waals surface area contributed by atoms with Gasteiger partial charge >= 0.3 is 0 Å². The molecular formula is C11H14ClN3. The lowest BCUT2D eigenvalue weighted by molar-refractivity contribution is 0.292. The van der Waals surface area contributed by atoms with Gasteiger partial charge in [-0.25, -0.2) is 4.98 Å². The molecule has 1 aromatic heterocycles. The normalized spacial score (nSPS) is 30.1. The van der Waals surface area contributed by atoms with Crippen molar-refractivity contribution in [1.29, 1.82) is 0 Å². The maximum atomic E-state index is 5.78. The quantitative estimate of drug-likeness (QED) is 0.675. The second-order valence-corrected chi connectivity index (χ2v) is 4.86. The molecule has 2 aliphatic rings. The first-order valence-electron chi connectivity index (χ1n) is 5.32. The van der Waals surface area contributed by atoms with Crippen LogP contribution in [0.5, 0.6) is 0 Å². The van der Waals surface area contributed by atoms with Gasteiger partial charge in [0.05, 0.1) is 11.9 Å². The van der Waals surface area contributed by atoms with E-state index in [1.807, 2.05) is 12.3 Å². The molecule has 4 heteroatoms. The number of anilines is 1. The van der Waals surface area contributed by atoms with Crippen molar-refractivity contribution >= 4 is 17.3 Å². The molecule has 2 fully saturated rings. The summed E-state index contributed by atoms with van der Waals surface area (Å²) in [5.74, 6) is 0. The molecule has 0 aromatic carbocycles. The van der Waals surface area contributed by atoms with E-state index in [0.717, 1.165) is 12.6 Å². The standard InChI is InChI=1S/C11H14ClN3/c1-14-6-10-4-9(14)7-15(10)8-2-3-11(12)13-5-8/h2-3,5,9-10H,4,6-7H2,1H3/t9-,10-/m0/s1. The number of halogens is 1. The molecule has 0 spiro atoms. The van der Waals surface area contributed by atoms with E-state index in [-0.39, 0.29) is 0 Å². The largest absolute Gasteiger partial charge is 0.364 e. The summed E-state index contributed by atoms with van der Waals surface area (Å²) in [5.41, 5.74) is 1.21. The molecule has 0 amide bonds. The highest BCUT2D eigenvalue weighted by Crippen LogP contribution is 2.33. The Kier molecular flexibility index (Phi) is 2.11. The van der Waals surface area contributed by atoms with Crippen LogP contribution in [0.4, 0.5) is 5.69 Å². The van der Waals surface area contributed by atoms with Crippen molar-refractivity contribution < 1.29 is 0 Å². The third-order valence-corrected chi connectivity index (χ3v) is 3.78. The Morgan fingerprint density at radius 2 is 2.20 bits per heavy atom. The smallest absolute Gasteiger partial charge is 0.129 e. The summed E-state index contributed by atoms with van der Waals surface area (Å²) in [7, 11) is 2.21. The van der Waals surface area contributed by atoms with E-state index >= 15 is 0 Å². The Morgan fingerprint density at radius 3 is 2.73 bits per heavy atom. The number of hydrogen-bond acceptors (Lipinski definition) is 3. The van der Waals surface area contributed by atoms with Crippen LogP contribution in [0.25, 0.3) is 0 Å². The van der Waals surface area contributed by atoms with Gasteiger partial charge in [-0.1, -0.05) is 11.6 Å². The molecule has 15 heavy (non-hydrogen) atoms. The first-order chi connectivity index (χ1) is 7.24. The topological polar surface area (TPSA) is 19.4 Å². The maximum absolute atomic E-state index is 5.78. The number of fused-ring (bicyclic) bond motifs is 2. The van der Waals surface area contributed by atoms with Crippen LogP contribution in [0.2, 0.25) is 5.15 Å². The molecule has 2 atom stereocenters. The van der Waals surface area contributed by atoms with Crippen LogP contribution in [-0.4, -0.2) is 42.1 Å². The Morgan fingerprint density at radius 1 is 1.33 bits per heavy atom. The summed E-state index contributed by atoms with van der Waals surface area (Å²) >= 11 is 5.78. The van der Waals surface area contributed by atoms with Gasteiger partial charge in [-0.3, -0.25) is 4.90 Å². The van der Waals surface area contributed by atoms with Gasteiger partial charge in [0.15, 0.2) is 0 Å². The molecule has 2 aliphatic heterocycles.